The number of piperidine rings is 1. The molecule has 1 N–H and O–H groups in total. The molecule has 2 atom stereocenters. The van der Waals surface area contributed by atoms with Crippen molar-refractivity contribution in [3.63, 3.8) is 0 Å². The van der Waals surface area contributed by atoms with Crippen molar-refractivity contribution < 1.29 is 4.79 Å². The number of nitrogens with one attached hydrogen (secondary N) is 1. The highest BCUT2D eigenvalue weighted by molar-refractivity contribution is 5.85. The van der Waals surface area contributed by atoms with Gasteiger partial charge in [0.2, 0.25) is 5.91 Å². The normalized spacial score (nSPS) is 31.1. The van der Waals surface area contributed by atoms with E-state index in [1.807, 2.05) is 0 Å². The van der Waals surface area contributed by atoms with Crippen LogP contribution < -0.4 is 5.32 Å². The van der Waals surface area contributed by atoms with Crippen LogP contribution >= 0.6 is 12.4 Å². The van der Waals surface area contributed by atoms with E-state index in [1.54, 1.807) is 0 Å². The molecular weight excluding hydrogens is 212 g/mol. The van der Waals surface area contributed by atoms with Crippen molar-refractivity contribution in [2.45, 2.75) is 38.6 Å². The molecule has 3 nitrogen and oxygen atoms in total. The Bertz CT molecular complexity index is 217. The van der Waals surface area contributed by atoms with Gasteiger partial charge in [0.1, 0.15) is 0 Å². The molecule has 0 bridgehead atoms. The summed E-state index contributed by atoms with van der Waals surface area (Å²) in [6, 6.07) is 0.476. The minimum absolute atomic E-state index is 0. The van der Waals surface area contributed by atoms with Crippen molar-refractivity contribution in [1.29, 1.82) is 0 Å². The topological polar surface area (TPSA) is 32.3 Å². The first-order valence-electron chi connectivity index (χ1n) is 5.80. The summed E-state index contributed by atoms with van der Waals surface area (Å²) in [7, 11) is 0. The summed E-state index contributed by atoms with van der Waals surface area (Å²) in [6.07, 6.45) is 4.60. The van der Waals surface area contributed by atoms with Gasteiger partial charge in [-0.25, -0.2) is 0 Å². The molecular formula is C11H21ClN2O. The Morgan fingerprint density at radius 2 is 2.13 bits per heavy atom. The number of hydrogen-bond acceptors (Lipinski definition) is 2. The standard InChI is InChI=1S/C11H20N2O.ClH/c1-9-4-3-7-13(9)11(14)10-5-2-6-12-8-10;/h9-10,12H,2-8H2,1H3;1H/t9-,10-;/m0./s1. The van der Waals surface area contributed by atoms with Crippen molar-refractivity contribution in [1.82, 2.24) is 10.2 Å². The van der Waals surface area contributed by atoms with Crippen molar-refractivity contribution in [3.05, 3.63) is 0 Å². The van der Waals surface area contributed by atoms with Gasteiger partial charge in [-0.05, 0) is 39.2 Å². The van der Waals surface area contributed by atoms with Gasteiger partial charge < -0.3 is 10.2 Å². The Morgan fingerprint density at radius 1 is 1.33 bits per heavy atom. The van der Waals surface area contributed by atoms with Gasteiger partial charge in [0.15, 0.2) is 0 Å². The molecule has 15 heavy (non-hydrogen) atoms. The predicted octanol–water partition coefficient (Wildman–Crippen LogP) is 1.42. The van der Waals surface area contributed by atoms with Gasteiger partial charge in [0.05, 0.1) is 5.92 Å². The average Bonchev–Trinajstić information content (AvgIpc) is 2.65. The summed E-state index contributed by atoms with van der Waals surface area (Å²) >= 11 is 0. The van der Waals surface area contributed by atoms with E-state index in [1.165, 1.54) is 12.8 Å². The van der Waals surface area contributed by atoms with Gasteiger partial charge in [-0.1, -0.05) is 0 Å². The van der Waals surface area contributed by atoms with Crippen molar-refractivity contribution in [3.8, 4) is 0 Å². The van der Waals surface area contributed by atoms with Crippen LogP contribution in [0, 0.1) is 5.92 Å². The van der Waals surface area contributed by atoms with Crippen LogP contribution in [0.5, 0.6) is 0 Å². The molecule has 2 aliphatic rings. The number of hydrogen-bond donors (Lipinski definition) is 1. The average molecular weight is 233 g/mol. The van der Waals surface area contributed by atoms with Gasteiger partial charge in [-0.15, -0.1) is 12.4 Å². The van der Waals surface area contributed by atoms with Crippen LogP contribution in [-0.2, 0) is 4.79 Å². The van der Waals surface area contributed by atoms with Gasteiger partial charge in [-0.3, -0.25) is 4.79 Å². The Morgan fingerprint density at radius 3 is 2.67 bits per heavy atom. The number of rotatable bonds is 1. The quantitative estimate of drug-likeness (QED) is 0.742. The summed E-state index contributed by atoms with van der Waals surface area (Å²) in [4.78, 5) is 14.2. The fraction of sp³-hybridized carbons (Fsp3) is 0.909. The fourth-order valence-corrected chi connectivity index (χ4v) is 2.56. The van der Waals surface area contributed by atoms with Crippen molar-refractivity contribution >= 4 is 18.3 Å². The van der Waals surface area contributed by atoms with Crippen molar-refractivity contribution in [2.24, 2.45) is 5.92 Å². The second-order valence-electron chi connectivity index (χ2n) is 4.57. The van der Waals surface area contributed by atoms with E-state index >= 15 is 0 Å². The zero-order chi connectivity index (χ0) is 9.97. The zero-order valence-electron chi connectivity index (χ0n) is 9.37. The lowest BCUT2D eigenvalue weighted by atomic mass is 9.98. The molecule has 0 aromatic carbocycles. The van der Waals surface area contributed by atoms with Crippen LogP contribution in [-0.4, -0.2) is 36.5 Å². The van der Waals surface area contributed by atoms with E-state index in [2.05, 4.69) is 17.1 Å². The highest BCUT2D eigenvalue weighted by atomic mass is 35.5. The van der Waals surface area contributed by atoms with E-state index in [9.17, 15) is 4.79 Å². The second kappa shape index (κ2) is 5.71. The third-order valence-corrected chi connectivity index (χ3v) is 3.48. The third kappa shape index (κ3) is 2.85. The van der Waals surface area contributed by atoms with Crippen LogP contribution in [0.15, 0.2) is 0 Å². The summed E-state index contributed by atoms with van der Waals surface area (Å²) in [6.45, 7) is 5.12. The van der Waals surface area contributed by atoms with Crippen LogP contribution in [0.3, 0.4) is 0 Å². The van der Waals surface area contributed by atoms with Crippen LogP contribution in [0.4, 0.5) is 0 Å². The summed E-state index contributed by atoms with van der Waals surface area (Å²) < 4.78 is 0. The molecule has 2 heterocycles. The molecule has 0 unspecified atom stereocenters. The Kier molecular flexibility index (Phi) is 4.87. The molecule has 88 valence electrons. The molecule has 0 aromatic rings. The van der Waals surface area contributed by atoms with E-state index in [4.69, 9.17) is 0 Å². The lowest BCUT2D eigenvalue weighted by Crippen LogP contribution is -2.44. The van der Waals surface area contributed by atoms with Crippen LogP contribution in [0.25, 0.3) is 0 Å². The third-order valence-electron chi connectivity index (χ3n) is 3.48. The molecule has 2 rings (SSSR count). The summed E-state index contributed by atoms with van der Waals surface area (Å²) in [5.74, 6) is 0.645. The maximum absolute atomic E-state index is 12.1. The molecule has 2 saturated heterocycles. The highest BCUT2D eigenvalue weighted by Crippen LogP contribution is 2.21. The SMILES string of the molecule is C[C@H]1CCCN1C(=O)[C@H]1CCCNC1.Cl. The summed E-state index contributed by atoms with van der Waals surface area (Å²) in [5, 5.41) is 3.31. The highest BCUT2D eigenvalue weighted by Gasteiger charge is 2.31. The number of halogens is 1. The number of carbonyl (C=O) groups excluding carboxylic acids is 1. The number of nitrogens with zero attached hydrogens (tertiary/aromatic N) is 1. The van der Waals surface area contributed by atoms with E-state index in [-0.39, 0.29) is 18.3 Å². The molecule has 0 spiro atoms. The zero-order valence-corrected chi connectivity index (χ0v) is 10.2. The second-order valence-corrected chi connectivity index (χ2v) is 4.57. The molecule has 1 amide bonds. The van der Waals surface area contributed by atoms with Crippen molar-refractivity contribution in [2.75, 3.05) is 19.6 Å². The van der Waals surface area contributed by atoms with Gasteiger partial charge in [0.25, 0.3) is 0 Å². The number of likely N-dealkylation sites (tertiary alicyclic amines) is 1. The first-order chi connectivity index (χ1) is 6.79. The number of amides is 1. The first kappa shape index (κ1) is 12.8. The van der Waals surface area contributed by atoms with Gasteiger partial charge in [-0.2, -0.15) is 0 Å². The Labute approximate surface area is 98.0 Å². The van der Waals surface area contributed by atoms with Crippen LogP contribution in [0.2, 0.25) is 0 Å². The van der Waals surface area contributed by atoms with Crippen LogP contribution in [0.1, 0.15) is 32.6 Å². The minimum atomic E-state index is 0. The monoisotopic (exact) mass is 232 g/mol. The maximum atomic E-state index is 12.1. The Hall–Kier alpha value is -0.280. The lowest BCUT2D eigenvalue weighted by molar-refractivity contribution is -0.136. The van der Waals surface area contributed by atoms with E-state index < -0.39 is 0 Å². The molecule has 2 fully saturated rings. The molecule has 4 heteroatoms. The molecule has 2 aliphatic heterocycles. The molecule has 0 radical (unpaired) electrons. The first-order valence-corrected chi connectivity index (χ1v) is 5.80. The van der Waals surface area contributed by atoms with E-state index in [0.717, 1.165) is 32.5 Å². The molecule has 0 aromatic heterocycles. The van der Waals surface area contributed by atoms with Gasteiger partial charge in [0, 0.05) is 19.1 Å². The predicted molar refractivity (Wildman–Crippen MR) is 63.3 cm³/mol. The van der Waals surface area contributed by atoms with Gasteiger partial charge >= 0.3 is 0 Å². The lowest BCUT2D eigenvalue weighted by Gasteiger charge is -2.29. The molecule has 0 aliphatic carbocycles. The Balaban J connectivity index is 0.00000112. The summed E-state index contributed by atoms with van der Waals surface area (Å²) in [5.41, 5.74) is 0. The maximum Gasteiger partial charge on any atom is 0.227 e. The van der Waals surface area contributed by atoms with E-state index in [0.29, 0.717) is 11.9 Å². The largest absolute Gasteiger partial charge is 0.340 e. The number of carbonyl (C=O) groups is 1. The molecule has 0 saturated carbocycles. The fourth-order valence-electron chi connectivity index (χ4n) is 2.56. The minimum Gasteiger partial charge on any atom is -0.340 e. The smallest absolute Gasteiger partial charge is 0.227 e.